The molecule has 0 bridgehead atoms. The van der Waals surface area contributed by atoms with Crippen LogP contribution in [-0.4, -0.2) is 16.4 Å². The molecule has 0 aromatic carbocycles. The van der Waals surface area contributed by atoms with E-state index in [1.165, 1.54) is 24.8 Å². The fourth-order valence-corrected chi connectivity index (χ4v) is 2.62. The average Bonchev–Trinajstić information content (AvgIpc) is 2.57. The van der Waals surface area contributed by atoms with Crippen molar-refractivity contribution < 1.29 is 4.74 Å². The Hall–Kier alpha value is -0.990. The third kappa shape index (κ3) is 1.29. The van der Waals surface area contributed by atoms with Gasteiger partial charge in [-0.1, -0.05) is 20.3 Å². The van der Waals surface area contributed by atoms with E-state index in [1.807, 2.05) is 6.20 Å². The first-order valence-electron chi connectivity index (χ1n) is 5.89. The summed E-state index contributed by atoms with van der Waals surface area (Å²) in [7, 11) is 0. The molecule has 3 nitrogen and oxygen atoms in total. The molecule has 2 heterocycles. The Morgan fingerprint density at radius 3 is 2.87 bits per heavy atom. The van der Waals surface area contributed by atoms with Crippen LogP contribution in [0.4, 0.5) is 0 Å². The van der Waals surface area contributed by atoms with Crippen LogP contribution in [0.1, 0.15) is 44.6 Å². The third-order valence-corrected chi connectivity index (χ3v) is 3.85. The zero-order valence-corrected chi connectivity index (χ0v) is 9.49. The fourth-order valence-electron chi connectivity index (χ4n) is 2.62. The Labute approximate surface area is 90.4 Å². The van der Waals surface area contributed by atoms with Crippen LogP contribution in [0.15, 0.2) is 6.20 Å². The molecule has 0 amide bonds. The van der Waals surface area contributed by atoms with Crippen molar-refractivity contribution in [3.8, 4) is 5.88 Å². The summed E-state index contributed by atoms with van der Waals surface area (Å²) in [5.74, 6) is 1.52. The number of hydrogen-bond donors (Lipinski definition) is 0. The van der Waals surface area contributed by atoms with Gasteiger partial charge in [0, 0.05) is 11.0 Å². The molecule has 0 saturated heterocycles. The number of aromatic nitrogens is 2. The summed E-state index contributed by atoms with van der Waals surface area (Å²) in [4.78, 5) is 0. The Bertz CT molecular complexity index is 377. The molecule has 1 fully saturated rings. The normalized spacial score (nSPS) is 22.3. The molecule has 2 aliphatic rings. The summed E-state index contributed by atoms with van der Waals surface area (Å²) >= 11 is 0. The first-order chi connectivity index (χ1) is 7.20. The molecular weight excluding hydrogens is 188 g/mol. The standard InChI is InChI=1S/C12H18N2O/c1-9(2)10-6-13-14-7-12(4-3-5-12)8-15-11(10)14/h6,9H,3-5,7-8H2,1-2H3. The lowest BCUT2D eigenvalue weighted by Gasteiger charge is -2.44. The molecule has 0 radical (unpaired) electrons. The third-order valence-electron chi connectivity index (χ3n) is 3.85. The maximum Gasteiger partial charge on any atom is 0.215 e. The van der Waals surface area contributed by atoms with Crippen LogP contribution < -0.4 is 4.74 Å². The van der Waals surface area contributed by atoms with Gasteiger partial charge in [-0.25, -0.2) is 4.68 Å². The van der Waals surface area contributed by atoms with Gasteiger partial charge in [-0.05, 0) is 18.8 Å². The first kappa shape index (κ1) is 9.25. The van der Waals surface area contributed by atoms with Crippen LogP contribution in [0.5, 0.6) is 5.88 Å². The molecule has 0 N–H and O–H groups in total. The van der Waals surface area contributed by atoms with Gasteiger partial charge in [0.15, 0.2) is 0 Å². The Balaban J connectivity index is 1.91. The second-order valence-corrected chi connectivity index (χ2v) is 5.36. The minimum atomic E-state index is 0.424. The zero-order valence-electron chi connectivity index (χ0n) is 9.49. The predicted molar refractivity (Wildman–Crippen MR) is 58.1 cm³/mol. The smallest absolute Gasteiger partial charge is 0.215 e. The second-order valence-electron chi connectivity index (χ2n) is 5.36. The van der Waals surface area contributed by atoms with Gasteiger partial charge in [-0.3, -0.25) is 0 Å². The van der Waals surface area contributed by atoms with Gasteiger partial charge in [0.1, 0.15) is 0 Å². The van der Waals surface area contributed by atoms with Crippen LogP contribution in [0, 0.1) is 5.41 Å². The molecule has 1 spiro atoms. The van der Waals surface area contributed by atoms with Crippen molar-refractivity contribution in [2.75, 3.05) is 6.61 Å². The monoisotopic (exact) mass is 206 g/mol. The van der Waals surface area contributed by atoms with Crippen molar-refractivity contribution in [1.29, 1.82) is 0 Å². The van der Waals surface area contributed by atoms with Crippen LogP contribution in [0.3, 0.4) is 0 Å². The quantitative estimate of drug-likeness (QED) is 0.706. The van der Waals surface area contributed by atoms with Gasteiger partial charge >= 0.3 is 0 Å². The predicted octanol–water partition coefficient (Wildman–Crippen LogP) is 2.57. The highest BCUT2D eigenvalue weighted by Crippen LogP contribution is 2.46. The lowest BCUT2D eigenvalue weighted by atomic mass is 9.69. The molecule has 0 unspecified atom stereocenters. The van der Waals surface area contributed by atoms with Gasteiger partial charge in [0.2, 0.25) is 5.88 Å². The van der Waals surface area contributed by atoms with E-state index >= 15 is 0 Å². The van der Waals surface area contributed by atoms with Gasteiger partial charge in [-0.2, -0.15) is 5.10 Å². The van der Waals surface area contributed by atoms with Gasteiger partial charge in [-0.15, -0.1) is 0 Å². The van der Waals surface area contributed by atoms with Crippen molar-refractivity contribution in [1.82, 2.24) is 9.78 Å². The molecular formula is C12H18N2O. The number of fused-ring (bicyclic) bond motifs is 1. The van der Waals surface area contributed by atoms with Crippen LogP contribution >= 0.6 is 0 Å². The van der Waals surface area contributed by atoms with E-state index in [4.69, 9.17) is 4.74 Å². The van der Waals surface area contributed by atoms with E-state index in [0.29, 0.717) is 11.3 Å². The van der Waals surface area contributed by atoms with Crippen molar-refractivity contribution in [2.24, 2.45) is 5.41 Å². The van der Waals surface area contributed by atoms with Gasteiger partial charge in [0.05, 0.1) is 19.3 Å². The van der Waals surface area contributed by atoms with E-state index in [0.717, 1.165) is 19.0 Å². The van der Waals surface area contributed by atoms with Crippen LogP contribution in [0.25, 0.3) is 0 Å². The molecule has 1 aromatic heterocycles. The summed E-state index contributed by atoms with van der Waals surface area (Å²) in [6.07, 6.45) is 5.95. The van der Waals surface area contributed by atoms with E-state index in [2.05, 4.69) is 23.6 Å². The maximum atomic E-state index is 5.91. The average molecular weight is 206 g/mol. The second kappa shape index (κ2) is 3.00. The first-order valence-corrected chi connectivity index (χ1v) is 5.89. The van der Waals surface area contributed by atoms with E-state index in [-0.39, 0.29) is 0 Å². The van der Waals surface area contributed by atoms with Crippen LogP contribution in [-0.2, 0) is 6.54 Å². The van der Waals surface area contributed by atoms with E-state index in [1.54, 1.807) is 0 Å². The highest BCUT2D eigenvalue weighted by molar-refractivity contribution is 5.29. The summed E-state index contributed by atoms with van der Waals surface area (Å²) < 4.78 is 7.98. The van der Waals surface area contributed by atoms with E-state index in [9.17, 15) is 0 Å². The lowest BCUT2D eigenvalue weighted by molar-refractivity contribution is 0.00120. The summed E-state index contributed by atoms with van der Waals surface area (Å²) in [6.45, 7) is 6.34. The van der Waals surface area contributed by atoms with Crippen molar-refractivity contribution in [3.05, 3.63) is 11.8 Å². The molecule has 3 heteroatoms. The highest BCUT2D eigenvalue weighted by atomic mass is 16.5. The molecule has 1 aromatic rings. The molecule has 1 saturated carbocycles. The number of ether oxygens (including phenoxy) is 1. The minimum Gasteiger partial charge on any atom is -0.477 e. The van der Waals surface area contributed by atoms with Crippen molar-refractivity contribution in [2.45, 2.75) is 45.6 Å². The molecule has 1 aliphatic carbocycles. The Kier molecular flexibility index (Phi) is 1.85. The minimum absolute atomic E-state index is 0.424. The number of hydrogen-bond acceptors (Lipinski definition) is 2. The highest BCUT2D eigenvalue weighted by Gasteiger charge is 2.42. The molecule has 3 rings (SSSR count). The fraction of sp³-hybridized carbons (Fsp3) is 0.750. The van der Waals surface area contributed by atoms with Gasteiger partial charge < -0.3 is 4.74 Å². The largest absolute Gasteiger partial charge is 0.477 e. The maximum absolute atomic E-state index is 5.91. The summed E-state index contributed by atoms with van der Waals surface area (Å²) in [6, 6.07) is 0. The Morgan fingerprint density at radius 1 is 1.47 bits per heavy atom. The SMILES string of the molecule is CC(C)c1cnn2c1OCC1(CCC1)C2. The van der Waals surface area contributed by atoms with Gasteiger partial charge in [0.25, 0.3) is 0 Å². The number of rotatable bonds is 1. The van der Waals surface area contributed by atoms with E-state index < -0.39 is 0 Å². The molecule has 82 valence electrons. The Morgan fingerprint density at radius 2 is 2.27 bits per heavy atom. The lowest BCUT2D eigenvalue weighted by Crippen LogP contribution is -2.43. The van der Waals surface area contributed by atoms with Crippen molar-refractivity contribution >= 4 is 0 Å². The van der Waals surface area contributed by atoms with Crippen molar-refractivity contribution in [3.63, 3.8) is 0 Å². The zero-order chi connectivity index (χ0) is 10.5. The topological polar surface area (TPSA) is 27.1 Å². The molecule has 15 heavy (non-hydrogen) atoms. The molecule has 0 atom stereocenters. The number of nitrogens with zero attached hydrogens (tertiary/aromatic N) is 2. The molecule has 1 aliphatic heterocycles. The van der Waals surface area contributed by atoms with Crippen LogP contribution in [0.2, 0.25) is 0 Å². The summed E-state index contributed by atoms with van der Waals surface area (Å²) in [5.41, 5.74) is 1.68. The summed E-state index contributed by atoms with van der Waals surface area (Å²) in [5, 5.41) is 4.45.